The largest absolute Gasteiger partial charge is 0.465 e. The Bertz CT molecular complexity index is 713. The number of aryl methyl sites for hydroxylation is 1. The van der Waals surface area contributed by atoms with Crippen LogP contribution in [0.4, 0.5) is 0 Å². The van der Waals surface area contributed by atoms with Crippen molar-refractivity contribution in [2.75, 3.05) is 20.2 Å². The first-order valence-corrected chi connectivity index (χ1v) is 9.35. The second-order valence-corrected chi connectivity index (χ2v) is 7.17. The predicted molar refractivity (Wildman–Crippen MR) is 96.0 cm³/mol. The molecule has 3 rings (SSSR count). The summed E-state index contributed by atoms with van der Waals surface area (Å²) in [7, 11) is 1.34. The van der Waals surface area contributed by atoms with Crippen molar-refractivity contribution in [2.45, 2.75) is 52.0 Å². The number of hydrogen-bond donors (Lipinski definition) is 2. The average Bonchev–Trinajstić information content (AvgIpc) is 3.44. The Morgan fingerprint density at radius 2 is 1.85 bits per heavy atom. The molecule has 0 radical (unpaired) electrons. The molecule has 0 atom stereocenters. The van der Waals surface area contributed by atoms with Gasteiger partial charge in [-0.15, -0.1) is 0 Å². The SMILES string of the molecule is CCc1[nH]c(C(=O)NC2CCN(C(=O)C3CC3)CC2)c(C)c1C(=O)OC. The molecule has 0 unspecified atom stereocenters. The maximum Gasteiger partial charge on any atom is 0.339 e. The van der Waals surface area contributed by atoms with Gasteiger partial charge >= 0.3 is 5.97 Å². The van der Waals surface area contributed by atoms with E-state index in [1.54, 1.807) is 6.92 Å². The standard InChI is InChI=1S/C19H27N3O4/c1-4-14-15(19(25)26-3)11(2)16(21-14)17(23)20-13-7-9-22(10-8-13)18(24)12-5-6-12/h12-13,21H,4-10H2,1-3H3,(H,20,23). The highest BCUT2D eigenvalue weighted by atomic mass is 16.5. The summed E-state index contributed by atoms with van der Waals surface area (Å²) < 4.78 is 4.83. The summed E-state index contributed by atoms with van der Waals surface area (Å²) in [6.45, 7) is 5.06. The van der Waals surface area contributed by atoms with Crippen LogP contribution >= 0.6 is 0 Å². The van der Waals surface area contributed by atoms with Crippen molar-refractivity contribution >= 4 is 17.8 Å². The normalized spacial score (nSPS) is 17.9. The lowest BCUT2D eigenvalue weighted by Gasteiger charge is -2.32. The Hall–Kier alpha value is -2.31. The number of hydrogen-bond acceptors (Lipinski definition) is 4. The average molecular weight is 361 g/mol. The van der Waals surface area contributed by atoms with Gasteiger partial charge in [-0.25, -0.2) is 4.79 Å². The Morgan fingerprint density at radius 1 is 1.19 bits per heavy atom. The lowest BCUT2D eigenvalue weighted by molar-refractivity contribution is -0.133. The van der Waals surface area contributed by atoms with Gasteiger partial charge in [-0.1, -0.05) is 6.92 Å². The Labute approximate surface area is 153 Å². The molecular formula is C19H27N3O4. The first kappa shape index (κ1) is 18.5. The molecule has 2 amide bonds. The maximum absolute atomic E-state index is 12.7. The van der Waals surface area contributed by atoms with Crippen LogP contribution in [0.1, 0.15) is 64.7 Å². The van der Waals surface area contributed by atoms with E-state index in [4.69, 9.17) is 4.74 Å². The molecule has 0 bridgehead atoms. The zero-order valence-corrected chi connectivity index (χ0v) is 15.7. The van der Waals surface area contributed by atoms with E-state index in [9.17, 15) is 14.4 Å². The molecule has 2 aliphatic rings. The van der Waals surface area contributed by atoms with Crippen molar-refractivity contribution in [2.24, 2.45) is 5.92 Å². The number of aromatic amines is 1. The van der Waals surface area contributed by atoms with E-state index >= 15 is 0 Å². The van der Waals surface area contributed by atoms with Crippen LogP contribution in [0.2, 0.25) is 0 Å². The van der Waals surface area contributed by atoms with Crippen molar-refractivity contribution in [1.29, 1.82) is 0 Å². The van der Waals surface area contributed by atoms with Crippen molar-refractivity contribution < 1.29 is 19.1 Å². The number of likely N-dealkylation sites (tertiary alicyclic amines) is 1. The molecule has 7 nitrogen and oxygen atoms in total. The summed E-state index contributed by atoms with van der Waals surface area (Å²) in [5.41, 5.74) is 2.20. The molecular weight excluding hydrogens is 334 g/mol. The number of carbonyl (C=O) groups excluding carboxylic acids is 3. The molecule has 7 heteroatoms. The fourth-order valence-electron chi connectivity index (χ4n) is 3.62. The molecule has 26 heavy (non-hydrogen) atoms. The quantitative estimate of drug-likeness (QED) is 0.783. The van der Waals surface area contributed by atoms with Gasteiger partial charge in [-0.05, 0) is 44.6 Å². The van der Waals surface area contributed by atoms with E-state index in [0.717, 1.165) is 25.7 Å². The summed E-state index contributed by atoms with van der Waals surface area (Å²) in [6.07, 6.45) is 4.16. The number of rotatable bonds is 5. The van der Waals surface area contributed by atoms with E-state index in [1.807, 2.05) is 11.8 Å². The van der Waals surface area contributed by atoms with E-state index in [0.29, 0.717) is 42.0 Å². The molecule has 1 aliphatic heterocycles. The van der Waals surface area contributed by atoms with Gasteiger partial charge in [-0.3, -0.25) is 9.59 Å². The minimum absolute atomic E-state index is 0.0418. The number of esters is 1. The maximum atomic E-state index is 12.7. The molecule has 0 spiro atoms. The summed E-state index contributed by atoms with van der Waals surface area (Å²) in [6, 6.07) is 0.0418. The van der Waals surface area contributed by atoms with Gasteiger partial charge in [0.25, 0.3) is 5.91 Å². The fourth-order valence-corrected chi connectivity index (χ4v) is 3.62. The van der Waals surface area contributed by atoms with E-state index in [1.165, 1.54) is 7.11 Å². The molecule has 2 heterocycles. The van der Waals surface area contributed by atoms with Crippen LogP contribution in [-0.4, -0.2) is 53.9 Å². The lowest BCUT2D eigenvalue weighted by atomic mass is 10.0. The lowest BCUT2D eigenvalue weighted by Crippen LogP contribution is -2.47. The van der Waals surface area contributed by atoms with E-state index in [-0.39, 0.29) is 23.8 Å². The van der Waals surface area contributed by atoms with Crippen LogP contribution in [0.15, 0.2) is 0 Å². The number of ether oxygens (including phenoxy) is 1. The topological polar surface area (TPSA) is 91.5 Å². The van der Waals surface area contributed by atoms with Gasteiger partial charge in [0.05, 0.1) is 12.7 Å². The van der Waals surface area contributed by atoms with Crippen molar-refractivity contribution in [3.63, 3.8) is 0 Å². The van der Waals surface area contributed by atoms with Crippen molar-refractivity contribution in [3.05, 3.63) is 22.5 Å². The summed E-state index contributed by atoms with van der Waals surface area (Å²) >= 11 is 0. The fraction of sp³-hybridized carbons (Fsp3) is 0.632. The molecule has 1 aromatic heterocycles. The van der Waals surface area contributed by atoms with Crippen LogP contribution in [0.5, 0.6) is 0 Å². The molecule has 1 saturated heterocycles. The van der Waals surface area contributed by atoms with Gasteiger partial charge in [0.15, 0.2) is 0 Å². The summed E-state index contributed by atoms with van der Waals surface area (Å²) in [5.74, 6) is -0.127. The first-order chi connectivity index (χ1) is 12.5. The molecule has 1 aromatic rings. The van der Waals surface area contributed by atoms with Gasteiger partial charge in [0.1, 0.15) is 5.69 Å². The third-order valence-electron chi connectivity index (χ3n) is 5.37. The Morgan fingerprint density at radius 3 is 2.38 bits per heavy atom. The summed E-state index contributed by atoms with van der Waals surface area (Å²) in [5, 5.41) is 3.04. The number of nitrogens with zero attached hydrogens (tertiary/aromatic N) is 1. The van der Waals surface area contributed by atoms with Gasteiger partial charge in [0, 0.05) is 30.7 Å². The van der Waals surface area contributed by atoms with Crippen molar-refractivity contribution in [3.8, 4) is 0 Å². The van der Waals surface area contributed by atoms with Crippen molar-refractivity contribution in [1.82, 2.24) is 15.2 Å². The van der Waals surface area contributed by atoms with Gasteiger partial charge < -0.3 is 19.9 Å². The molecule has 1 saturated carbocycles. The number of nitrogens with one attached hydrogen (secondary N) is 2. The molecule has 1 aliphatic carbocycles. The van der Waals surface area contributed by atoms with Gasteiger partial charge in [-0.2, -0.15) is 0 Å². The minimum atomic E-state index is -0.429. The van der Waals surface area contributed by atoms with Crippen LogP contribution in [0.3, 0.4) is 0 Å². The third-order valence-corrected chi connectivity index (χ3v) is 5.37. The second-order valence-electron chi connectivity index (χ2n) is 7.17. The van der Waals surface area contributed by atoms with Gasteiger partial charge in [0.2, 0.25) is 5.91 Å². The van der Waals surface area contributed by atoms with Crippen LogP contribution in [0, 0.1) is 12.8 Å². The Balaban J connectivity index is 1.63. The van der Waals surface area contributed by atoms with Crippen LogP contribution in [0.25, 0.3) is 0 Å². The zero-order valence-electron chi connectivity index (χ0n) is 15.7. The first-order valence-electron chi connectivity index (χ1n) is 9.35. The minimum Gasteiger partial charge on any atom is -0.465 e. The zero-order chi connectivity index (χ0) is 18.8. The highest BCUT2D eigenvalue weighted by Crippen LogP contribution is 2.32. The molecule has 142 valence electrons. The third kappa shape index (κ3) is 3.61. The second kappa shape index (κ2) is 7.51. The molecule has 2 fully saturated rings. The number of amides is 2. The predicted octanol–water partition coefficient (Wildman–Crippen LogP) is 1.80. The number of piperidine rings is 1. The highest BCUT2D eigenvalue weighted by Gasteiger charge is 2.35. The molecule has 0 aromatic carbocycles. The highest BCUT2D eigenvalue weighted by molar-refractivity contribution is 6.00. The monoisotopic (exact) mass is 361 g/mol. The summed E-state index contributed by atoms with van der Waals surface area (Å²) in [4.78, 5) is 41.8. The van der Waals surface area contributed by atoms with Crippen LogP contribution in [-0.2, 0) is 16.0 Å². The number of H-pyrrole nitrogens is 1. The number of methoxy groups -OCH3 is 1. The van der Waals surface area contributed by atoms with E-state index < -0.39 is 5.97 Å². The van der Waals surface area contributed by atoms with E-state index in [2.05, 4.69) is 10.3 Å². The molecule has 2 N–H and O–H groups in total. The number of aromatic nitrogens is 1. The smallest absolute Gasteiger partial charge is 0.339 e. The number of carbonyl (C=O) groups is 3. The Kier molecular flexibility index (Phi) is 5.34. The van der Waals surface area contributed by atoms with Crippen LogP contribution < -0.4 is 5.32 Å².